The molecule has 2 aromatic heterocycles. The van der Waals surface area contributed by atoms with Crippen LogP contribution in [0.1, 0.15) is 5.56 Å². The summed E-state index contributed by atoms with van der Waals surface area (Å²) in [5.41, 5.74) is 3.48. The Kier molecular flexibility index (Phi) is 5.83. The lowest BCUT2D eigenvalue weighted by atomic mass is 10.1. The average molecular weight is 431 g/mol. The predicted molar refractivity (Wildman–Crippen MR) is 122 cm³/mol. The highest BCUT2D eigenvalue weighted by molar-refractivity contribution is 7.82. The number of hydrogen-bond donors (Lipinski definition) is 2. The molecule has 2 heterocycles. The number of aromatic nitrogens is 3. The van der Waals surface area contributed by atoms with E-state index in [4.69, 9.17) is 10.8 Å². The summed E-state index contributed by atoms with van der Waals surface area (Å²) in [4.78, 5) is 5.03. The van der Waals surface area contributed by atoms with Gasteiger partial charge in [0.15, 0.2) is 0 Å². The molecule has 0 fully saturated rings. The molecule has 156 valence electrons. The van der Waals surface area contributed by atoms with E-state index in [1.165, 1.54) is 4.68 Å². The molecule has 0 spiro atoms. The summed E-state index contributed by atoms with van der Waals surface area (Å²) < 4.78 is 15.2. The molecule has 31 heavy (non-hydrogen) atoms. The van der Waals surface area contributed by atoms with E-state index in [-0.39, 0.29) is 11.3 Å². The van der Waals surface area contributed by atoms with Crippen LogP contribution in [0.4, 0.5) is 0 Å². The largest absolute Gasteiger partial charge is 0.286 e. The molecule has 1 atom stereocenters. The van der Waals surface area contributed by atoms with Gasteiger partial charge < -0.3 is 0 Å². The lowest BCUT2D eigenvalue weighted by molar-refractivity contribution is 0.603. The van der Waals surface area contributed by atoms with Crippen molar-refractivity contribution in [3.8, 4) is 11.3 Å². The summed E-state index contributed by atoms with van der Waals surface area (Å²) in [6.07, 6.45) is 2.10. The molecule has 0 aliphatic heterocycles. The minimum absolute atomic E-state index is 0.140. The molecule has 4 aromatic rings. The minimum Gasteiger partial charge on any atom is -0.286 e. The van der Waals surface area contributed by atoms with E-state index in [1.807, 2.05) is 42.5 Å². The van der Waals surface area contributed by atoms with Gasteiger partial charge in [-0.15, -0.1) is 0 Å². The molecule has 0 bridgehead atoms. The summed E-state index contributed by atoms with van der Waals surface area (Å²) in [5, 5.41) is 22.3. The van der Waals surface area contributed by atoms with Crippen molar-refractivity contribution in [1.29, 1.82) is 10.8 Å². The maximum Gasteiger partial charge on any atom is 0.148 e. The Balaban J connectivity index is 1.60. The number of fused-ring (bicyclic) bond motifs is 1. The van der Waals surface area contributed by atoms with Gasteiger partial charge in [0.05, 0.1) is 16.1 Å². The molecule has 7 nitrogen and oxygen atoms in total. The second-order valence-corrected chi connectivity index (χ2v) is 8.96. The molecule has 0 aliphatic carbocycles. The van der Waals surface area contributed by atoms with E-state index in [2.05, 4.69) is 10.1 Å². The third-order valence-corrected chi connectivity index (χ3v) is 6.15. The van der Waals surface area contributed by atoms with Crippen LogP contribution in [0.3, 0.4) is 0 Å². The van der Waals surface area contributed by atoms with Crippen LogP contribution in [0.25, 0.3) is 22.2 Å². The van der Waals surface area contributed by atoms with E-state index >= 15 is 0 Å². The van der Waals surface area contributed by atoms with Crippen LogP contribution >= 0.6 is 0 Å². The van der Waals surface area contributed by atoms with Crippen molar-refractivity contribution in [2.75, 3.05) is 14.1 Å². The van der Waals surface area contributed by atoms with Gasteiger partial charge in [-0.3, -0.25) is 15.8 Å². The molecule has 0 radical (unpaired) electrons. The molecular weight excluding hydrogens is 408 g/mol. The first-order chi connectivity index (χ1) is 14.9. The van der Waals surface area contributed by atoms with E-state index in [1.54, 1.807) is 48.9 Å². The number of nitrogens with zero attached hydrogens (tertiary/aromatic N) is 4. The van der Waals surface area contributed by atoms with Crippen molar-refractivity contribution in [1.82, 2.24) is 19.1 Å². The van der Waals surface area contributed by atoms with Crippen LogP contribution in [0.15, 0.2) is 77.8 Å². The highest BCUT2D eigenvalue weighted by Crippen LogP contribution is 2.19. The Morgan fingerprint density at radius 2 is 1.84 bits per heavy atom. The highest BCUT2D eigenvalue weighted by atomic mass is 32.2. The quantitative estimate of drug-likeness (QED) is 0.376. The van der Waals surface area contributed by atoms with Gasteiger partial charge in [0.25, 0.3) is 0 Å². The maximum atomic E-state index is 12.2. The normalized spacial score (nSPS) is 12.2. The smallest absolute Gasteiger partial charge is 0.148 e. The Hall–Kier alpha value is -3.49. The molecule has 0 saturated heterocycles. The van der Waals surface area contributed by atoms with Gasteiger partial charge in [-0.2, -0.15) is 5.10 Å². The maximum absolute atomic E-state index is 12.2. The van der Waals surface area contributed by atoms with Crippen LogP contribution in [0, 0.1) is 10.8 Å². The molecule has 0 saturated carbocycles. The van der Waals surface area contributed by atoms with Gasteiger partial charge in [-0.25, -0.2) is 13.2 Å². The van der Waals surface area contributed by atoms with Crippen molar-refractivity contribution < 1.29 is 4.21 Å². The third kappa shape index (κ3) is 4.50. The first-order valence-electron chi connectivity index (χ1n) is 9.68. The zero-order valence-electron chi connectivity index (χ0n) is 17.2. The van der Waals surface area contributed by atoms with Gasteiger partial charge in [0.2, 0.25) is 0 Å². The van der Waals surface area contributed by atoms with Gasteiger partial charge in [0, 0.05) is 23.6 Å². The Bertz CT molecular complexity index is 1340. The van der Waals surface area contributed by atoms with Crippen molar-refractivity contribution in [3.63, 3.8) is 0 Å². The predicted octanol–water partition coefficient (Wildman–Crippen LogP) is 3.23. The van der Waals surface area contributed by atoms with Gasteiger partial charge in [-0.05, 0) is 62.1 Å². The monoisotopic (exact) mass is 430 g/mol. The first kappa shape index (κ1) is 20.8. The van der Waals surface area contributed by atoms with Crippen LogP contribution < -0.4 is 5.49 Å². The van der Waals surface area contributed by atoms with E-state index in [9.17, 15) is 4.21 Å². The molecule has 8 heteroatoms. The van der Waals surface area contributed by atoms with Crippen LogP contribution in [0.5, 0.6) is 0 Å². The summed E-state index contributed by atoms with van der Waals surface area (Å²) in [7, 11) is 2.32. The summed E-state index contributed by atoms with van der Waals surface area (Å²) in [5.74, 6) is 0.209. The first-order valence-corrected chi connectivity index (χ1v) is 10.8. The Morgan fingerprint density at radius 3 is 2.58 bits per heavy atom. The van der Waals surface area contributed by atoms with Gasteiger partial charge >= 0.3 is 0 Å². The Morgan fingerprint density at radius 1 is 1.06 bits per heavy atom. The van der Waals surface area contributed by atoms with E-state index in [0.29, 0.717) is 17.0 Å². The number of nitrogens with one attached hydrogen (secondary N) is 2. The fourth-order valence-electron chi connectivity index (χ4n) is 3.24. The molecule has 0 amide bonds. The van der Waals surface area contributed by atoms with Crippen LogP contribution in [-0.2, 0) is 17.4 Å². The molecule has 0 aliphatic rings. The number of pyridine rings is 1. The highest BCUT2D eigenvalue weighted by Gasteiger charge is 2.10. The molecule has 4 rings (SSSR count). The summed E-state index contributed by atoms with van der Waals surface area (Å²) >= 11 is 0. The SMILES string of the molecule is CN(C)S(=O)c1ccc(-c2ccc(=N)n(C(=N)Cc3ccc4ncccc4c3)n2)cc1. The number of hydrogen-bond acceptors (Lipinski definition) is 5. The number of rotatable bonds is 5. The van der Waals surface area contributed by atoms with Crippen molar-refractivity contribution >= 4 is 27.7 Å². The topological polar surface area (TPSA) is 98.7 Å². The Labute approximate surface area is 182 Å². The second-order valence-electron chi connectivity index (χ2n) is 7.26. The van der Waals surface area contributed by atoms with Gasteiger partial charge in [0.1, 0.15) is 22.3 Å². The number of benzene rings is 2. The summed E-state index contributed by atoms with van der Waals surface area (Å²) in [6, 6.07) is 20.5. The van der Waals surface area contributed by atoms with Crippen molar-refractivity contribution in [2.45, 2.75) is 11.3 Å². The van der Waals surface area contributed by atoms with E-state index in [0.717, 1.165) is 22.0 Å². The third-order valence-electron chi connectivity index (χ3n) is 4.81. The van der Waals surface area contributed by atoms with Crippen molar-refractivity contribution in [3.05, 3.63) is 84.0 Å². The fraction of sp³-hybridized carbons (Fsp3) is 0.130. The zero-order valence-corrected chi connectivity index (χ0v) is 18.1. The van der Waals surface area contributed by atoms with E-state index < -0.39 is 11.0 Å². The van der Waals surface area contributed by atoms with Crippen LogP contribution in [0.2, 0.25) is 0 Å². The lowest BCUT2D eigenvalue weighted by Gasteiger charge is -2.11. The zero-order chi connectivity index (χ0) is 22.0. The summed E-state index contributed by atoms with van der Waals surface area (Å²) in [6.45, 7) is 0. The molecular formula is C23H22N6OS. The van der Waals surface area contributed by atoms with Gasteiger partial charge in [-0.1, -0.05) is 24.3 Å². The molecule has 2 N–H and O–H groups in total. The van der Waals surface area contributed by atoms with Crippen molar-refractivity contribution in [2.24, 2.45) is 0 Å². The lowest BCUT2D eigenvalue weighted by Crippen LogP contribution is -2.30. The molecule has 1 unspecified atom stereocenters. The molecule has 2 aromatic carbocycles. The standard InChI is InChI=1S/C23H22N6OS/c1-28(2)31(30)19-8-6-17(7-9-19)21-11-12-22(24)29(27-21)23(25)15-16-5-10-20-18(14-16)4-3-13-26-20/h3-14,24-25H,15H2,1-2H3. The fourth-order valence-corrected chi connectivity index (χ4v) is 4.03. The minimum atomic E-state index is -1.21. The average Bonchev–Trinajstić information content (AvgIpc) is 2.79. The second kappa shape index (κ2) is 8.71. The van der Waals surface area contributed by atoms with Crippen LogP contribution in [-0.4, -0.2) is 43.2 Å².